The zero-order valence-electron chi connectivity index (χ0n) is 10.2. The van der Waals surface area contributed by atoms with Crippen LogP contribution >= 0.6 is 11.6 Å². The van der Waals surface area contributed by atoms with Crippen molar-refractivity contribution in [3.05, 3.63) is 34.9 Å². The fourth-order valence-electron chi connectivity index (χ4n) is 1.52. The van der Waals surface area contributed by atoms with Crippen LogP contribution in [0.3, 0.4) is 0 Å². The Morgan fingerprint density at radius 2 is 1.75 bits per heavy atom. The van der Waals surface area contributed by atoms with Gasteiger partial charge in [0.15, 0.2) is 0 Å². The molecule has 0 radical (unpaired) electrons. The predicted octanol–water partition coefficient (Wildman–Crippen LogP) is 3.05. The third-order valence-corrected chi connectivity index (χ3v) is 2.94. The van der Waals surface area contributed by atoms with Gasteiger partial charge < -0.3 is 5.32 Å². The Bertz CT molecular complexity index is 379. The van der Waals surface area contributed by atoms with Crippen LogP contribution in [-0.2, 0) is 0 Å². The maximum Gasteiger partial charge on any atom is 0.251 e. The minimum absolute atomic E-state index is 0.0718. The first-order chi connectivity index (χ1) is 7.34. The van der Waals surface area contributed by atoms with Gasteiger partial charge in [-0.25, -0.2) is 0 Å². The lowest BCUT2D eigenvalue weighted by atomic mass is 10.0. The van der Waals surface area contributed by atoms with Gasteiger partial charge in [0, 0.05) is 17.0 Å². The highest BCUT2D eigenvalue weighted by Gasteiger charge is 2.19. The summed E-state index contributed by atoms with van der Waals surface area (Å²) in [6.07, 6.45) is 0. The molecule has 0 aliphatic rings. The average molecular weight is 240 g/mol. The number of hydrogen-bond donors (Lipinski definition) is 1. The zero-order valence-corrected chi connectivity index (χ0v) is 11.0. The molecule has 0 heterocycles. The first kappa shape index (κ1) is 13.0. The Kier molecular flexibility index (Phi) is 3.98. The molecule has 0 aliphatic heterocycles. The van der Waals surface area contributed by atoms with Crippen molar-refractivity contribution < 1.29 is 4.79 Å². The lowest BCUT2D eigenvalue weighted by Gasteiger charge is -2.23. The summed E-state index contributed by atoms with van der Waals surface area (Å²) >= 11 is 5.77. The summed E-state index contributed by atoms with van der Waals surface area (Å²) < 4.78 is 0. The summed E-state index contributed by atoms with van der Waals surface area (Å²) in [6, 6.07) is 5.81. The van der Waals surface area contributed by atoms with Crippen LogP contribution in [0, 0.1) is 13.8 Å². The first-order valence-corrected chi connectivity index (χ1v) is 5.84. The lowest BCUT2D eigenvalue weighted by molar-refractivity contribution is 0.0920. The lowest BCUT2D eigenvalue weighted by Crippen LogP contribution is -2.44. The van der Waals surface area contributed by atoms with Gasteiger partial charge in [0.2, 0.25) is 0 Å². The van der Waals surface area contributed by atoms with Crippen LogP contribution in [0.4, 0.5) is 0 Å². The Morgan fingerprint density at radius 3 is 2.19 bits per heavy atom. The van der Waals surface area contributed by atoms with Crippen LogP contribution in [-0.4, -0.2) is 17.3 Å². The number of carbonyl (C=O) groups is 1. The molecule has 0 atom stereocenters. The molecule has 88 valence electrons. The third kappa shape index (κ3) is 3.53. The van der Waals surface area contributed by atoms with Crippen molar-refractivity contribution >= 4 is 17.5 Å². The number of nitrogens with one attached hydrogen (secondary N) is 1. The number of aryl methyl sites for hydroxylation is 2. The third-order valence-electron chi connectivity index (χ3n) is 2.27. The Morgan fingerprint density at radius 1 is 1.25 bits per heavy atom. The standard InChI is InChI=1S/C13H18ClNO/c1-9-5-10(2)7-11(6-9)12(16)15-13(3,4)8-14/h5-7H,8H2,1-4H3,(H,15,16). The van der Waals surface area contributed by atoms with E-state index in [9.17, 15) is 4.79 Å². The van der Waals surface area contributed by atoms with Crippen molar-refractivity contribution in [2.75, 3.05) is 5.88 Å². The number of halogens is 1. The molecule has 0 aromatic heterocycles. The molecule has 3 heteroatoms. The first-order valence-electron chi connectivity index (χ1n) is 5.31. The van der Waals surface area contributed by atoms with Gasteiger partial charge >= 0.3 is 0 Å². The number of amides is 1. The Balaban J connectivity index is 2.89. The monoisotopic (exact) mass is 239 g/mol. The molecular formula is C13H18ClNO. The van der Waals surface area contributed by atoms with Crippen molar-refractivity contribution in [3.63, 3.8) is 0 Å². The maximum atomic E-state index is 12.0. The molecule has 0 saturated heterocycles. The summed E-state index contributed by atoms with van der Waals surface area (Å²) in [5.41, 5.74) is 2.49. The van der Waals surface area contributed by atoms with Crippen LogP contribution in [0.25, 0.3) is 0 Å². The van der Waals surface area contributed by atoms with E-state index in [4.69, 9.17) is 11.6 Å². The average Bonchev–Trinajstić information content (AvgIpc) is 2.15. The molecule has 0 spiro atoms. The molecule has 0 fully saturated rings. The second kappa shape index (κ2) is 4.88. The maximum absolute atomic E-state index is 12.0. The van der Waals surface area contributed by atoms with Crippen LogP contribution in [0.2, 0.25) is 0 Å². The molecule has 16 heavy (non-hydrogen) atoms. The van der Waals surface area contributed by atoms with Crippen molar-refractivity contribution in [3.8, 4) is 0 Å². The molecule has 1 N–H and O–H groups in total. The number of hydrogen-bond acceptors (Lipinski definition) is 1. The summed E-state index contributed by atoms with van der Waals surface area (Å²) in [7, 11) is 0. The highest BCUT2D eigenvalue weighted by molar-refractivity contribution is 6.18. The van der Waals surface area contributed by atoms with E-state index in [1.54, 1.807) is 0 Å². The summed E-state index contributed by atoms with van der Waals surface area (Å²) in [4.78, 5) is 12.0. The zero-order chi connectivity index (χ0) is 12.3. The molecule has 1 rings (SSSR count). The highest BCUT2D eigenvalue weighted by Crippen LogP contribution is 2.11. The van der Waals surface area contributed by atoms with E-state index in [2.05, 4.69) is 5.32 Å². The minimum atomic E-state index is -0.379. The van der Waals surface area contributed by atoms with E-state index in [-0.39, 0.29) is 11.4 Å². The number of rotatable bonds is 3. The molecule has 0 bridgehead atoms. The fourth-order valence-corrected chi connectivity index (χ4v) is 1.59. The van der Waals surface area contributed by atoms with Gasteiger partial charge in [0.05, 0.1) is 0 Å². The van der Waals surface area contributed by atoms with Crippen LogP contribution in [0.15, 0.2) is 18.2 Å². The molecule has 0 aliphatic carbocycles. The number of alkyl halides is 1. The normalized spacial score (nSPS) is 11.3. The van der Waals surface area contributed by atoms with Gasteiger partial charge in [0.25, 0.3) is 5.91 Å². The fraction of sp³-hybridized carbons (Fsp3) is 0.462. The predicted molar refractivity (Wildman–Crippen MR) is 68.2 cm³/mol. The summed E-state index contributed by atoms with van der Waals surface area (Å²) in [6.45, 7) is 7.77. The smallest absolute Gasteiger partial charge is 0.251 e. The molecule has 1 aromatic rings. The second-order valence-electron chi connectivity index (χ2n) is 4.85. The van der Waals surface area contributed by atoms with Crippen molar-refractivity contribution in [1.82, 2.24) is 5.32 Å². The van der Waals surface area contributed by atoms with Gasteiger partial charge in [-0.2, -0.15) is 0 Å². The van der Waals surface area contributed by atoms with Crippen LogP contribution in [0.1, 0.15) is 35.3 Å². The summed E-state index contributed by atoms with van der Waals surface area (Å²) in [5, 5.41) is 2.91. The second-order valence-corrected chi connectivity index (χ2v) is 5.12. The van der Waals surface area contributed by atoms with Gasteiger partial charge in [-0.15, -0.1) is 11.6 Å². The molecule has 0 saturated carbocycles. The van der Waals surface area contributed by atoms with Crippen LogP contribution < -0.4 is 5.32 Å². The summed E-state index contributed by atoms with van der Waals surface area (Å²) in [5.74, 6) is 0.321. The molecule has 1 aromatic carbocycles. The molecule has 1 amide bonds. The number of benzene rings is 1. The minimum Gasteiger partial charge on any atom is -0.346 e. The van der Waals surface area contributed by atoms with E-state index < -0.39 is 0 Å². The van der Waals surface area contributed by atoms with E-state index in [0.717, 1.165) is 11.1 Å². The number of carbonyl (C=O) groups excluding carboxylic acids is 1. The van der Waals surface area contributed by atoms with E-state index in [0.29, 0.717) is 11.4 Å². The quantitative estimate of drug-likeness (QED) is 0.808. The van der Waals surface area contributed by atoms with E-state index in [1.165, 1.54) is 0 Å². The van der Waals surface area contributed by atoms with Gasteiger partial charge in [-0.05, 0) is 39.8 Å². The molecule has 0 unspecified atom stereocenters. The van der Waals surface area contributed by atoms with E-state index in [1.807, 2.05) is 45.9 Å². The van der Waals surface area contributed by atoms with Crippen LogP contribution in [0.5, 0.6) is 0 Å². The molecule has 2 nitrogen and oxygen atoms in total. The highest BCUT2D eigenvalue weighted by atomic mass is 35.5. The van der Waals surface area contributed by atoms with Crippen molar-refractivity contribution in [2.24, 2.45) is 0 Å². The topological polar surface area (TPSA) is 29.1 Å². The van der Waals surface area contributed by atoms with Gasteiger partial charge in [-0.1, -0.05) is 17.2 Å². The van der Waals surface area contributed by atoms with E-state index >= 15 is 0 Å². The van der Waals surface area contributed by atoms with Gasteiger partial charge in [-0.3, -0.25) is 4.79 Å². The molecular weight excluding hydrogens is 222 g/mol. The van der Waals surface area contributed by atoms with Crippen molar-refractivity contribution in [2.45, 2.75) is 33.2 Å². The van der Waals surface area contributed by atoms with Gasteiger partial charge in [0.1, 0.15) is 0 Å². The Hall–Kier alpha value is -1.02. The SMILES string of the molecule is Cc1cc(C)cc(C(=O)NC(C)(C)CCl)c1. The largest absolute Gasteiger partial charge is 0.346 e. The van der Waals surface area contributed by atoms with Crippen molar-refractivity contribution in [1.29, 1.82) is 0 Å². The Labute approximate surface area is 102 Å².